The van der Waals surface area contributed by atoms with Crippen LogP contribution in [0.3, 0.4) is 0 Å². The summed E-state index contributed by atoms with van der Waals surface area (Å²) in [6, 6.07) is 4.05. The third-order valence-electron chi connectivity index (χ3n) is 8.38. The molecule has 1 N–H and O–H groups in total. The van der Waals surface area contributed by atoms with E-state index in [0.29, 0.717) is 17.9 Å². The maximum absolute atomic E-state index is 13.7. The molecule has 0 saturated carbocycles. The lowest BCUT2D eigenvalue weighted by Crippen LogP contribution is -2.49. The highest BCUT2D eigenvalue weighted by atomic mass is 16.7. The van der Waals surface area contributed by atoms with E-state index in [9.17, 15) is 14.7 Å². The number of aliphatic hydroxyl groups is 1. The van der Waals surface area contributed by atoms with E-state index < -0.39 is 30.1 Å². The van der Waals surface area contributed by atoms with Gasteiger partial charge < -0.3 is 28.8 Å². The first kappa shape index (κ1) is 25.9. The van der Waals surface area contributed by atoms with Gasteiger partial charge in [-0.1, -0.05) is 13.8 Å². The number of methoxy groups -OCH3 is 2. The number of carbonyl (C=O) groups excluding carboxylic acids is 2. The van der Waals surface area contributed by atoms with Crippen molar-refractivity contribution in [3.8, 4) is 11.5 Å². The average molecular weight is 516 g/mol. The van der Waals surface area contributed by atoms with E-state index in [4.69, 9.17) is 23.7 Å². The van der Waals surface area contributed by atoms with E-state index in [1.54, 1.807) is 7.11 Å². The maximum Gasteiger partial charge on any atom is 0.339 e. The minimum atomic E-state index is -2.00. The fourth-order valence-corrected chi connectivity index (χ4v) is 6.42. The molecular weight excluding hydrogens is 478 g/mol. The maximum atomic E-state index is 13.7. The summed E-state index contributed by atoms with van der Waals surface area (Å²) in [6.45, 7) is 5.97. The molecule has 1 aliphatic carbocycles. The highest BCUT2D eigenvalue weighted by Gasteiger charge is 2.59. The Balaban J connectivity index is 1.54. The van der Waals surface area contributed by atoms with Gasteiger partial charge in [-0.2, -0.15) is 0 Å². The summed E-state index contributed by atoms with van der Waals surface area (Å²) < 4.78 is 28.1. The topological polar surface area (TPSA) is 104 Å². The number of nitrogens with zero attached hydrogens (tertiary/aromatic N) is 1. The van der Waals surface area contributed by atoms with E-state index in [1.807, 2.05) is 26.0 Å². The van der Waals surface area contributed by atoms with Gasteiger partial charge in [0, 0.05) is 6.54 Å². The van der Waals surface area contributed by atoms with Crippen LogP contribution in [0.2, 0.25) is 0 Å². The summed E-state index contributed by atoms with van der Waals surface area (Å²) in [5.74, 6) is 0.431. The molecule has 3 aliphatic heterocycles. The van der Waals surface area contributed by atoms with Crippen LogP contribution in [0.15, 0.2) is 24.0 Å². The molecule has 0 radical (unpaired) electrons. The highest BCUT2D eigenvalue weighted by molar-refractivity contribution is 5.86. The molecule has 5 rings (SSSR count). The van der Waals surface area contributed by atoms with E-state index in [-0.39, 0.29) is 30.6 Å². The Morgan fingerprint density at radius 2 is 1.97 bits per heavy atom. The predicted molar refractivity (Wildman–Crippen MR) is 133 cm³/mol. The lowest BCUT2D eigenvalue weighted by atomic mass is 9.77. The molecule has 202 valence electrons. The van der Waals surface area contributed by atoms with Gasteiger partial charge in [0.1, 0.15) is 5.76 Å². The van der Waals surface area contributed by atoms with Crippen molar-refractivity contribution in [3.63, 3.8) is 0 Å². The van der Waals surface area contributed by atoms with E-state index in [0.717, 1.165) is 49.2 Å². The highest BCUT2D eigenvalue weighted by Crippen LogP contribution is 2.55. The van der Waals surface area contributed by atoms with Crippen LogP contribution in [-0.2, 0) is 30.2 Å². The monoisotopic (exact) mass is 515 g/mol. The predicted octanol–water partition coefficient (Wildman–Crippen LogP) is 3.08. The number of ether oxygens (including phenoxy) is 5. The molecule has 1 aromatic carbocycles. The van der Waals surface area contributed by atoms with Crippen LogP contribution in [0.1, 0.15) is 63.0 Å². The number of hydrogen-bond acceptors (Lipinski definition) is 9. The average Bonchev–Trinajstić information content (AvgIpc) is 3.56. The molecule has 1 saturated heterocycles. The zero-order chi connectivity index (χ0) is 26.4. The Morgan fingerprint density at radius 1 is 1.22 bits per heavy atom. The standard InChI is InChI=1S/C28H37NO8/c1-17(2)6-9-28(32,15-23(30)34-4)26(31)37-25-22(33-3)14-27-8-5-10-29(27)11-7-18-12-20-21(36-16-35-20)13-19(18)24(25)27/h12-14,17,24-25,32H,5-11,15-16H2,1-4H3/t24?,25-,27-,28-/m1/s1. The Hall–Kier alpha value is -2.78. The van der Waals surface area contributed by atoms with Gasteiger partial charge in [-0.15, -0.1) is 0 Å². The van der Waals surface area contributed by atoms with Crippen LogP contribution in [0, 0.1) is 5.92 Å². The van der Waals surface area contributed by atoms with Crippen LogP contribution in [-0.4, -0.2) is 73.3 Å². The van der Waals surface area contributed by atoms with Gasteiger partial charge in [0.15, 0.2) is 23.2 Å². The first-order chi connectivity index (χ1) is 17.7. The van der Waals surface area contributed by atoms with Crippen molar-refractivity contribution in [2.45, 2.75) is 75.5 Å². The molecule has 1 spiro atoms. The Bertz CT molecular complexity index is 1100. The number of carbonyl (C=O) groups is 2. The quantitative estimate of drug-likeness (QED) is 0.523. The van der Waals surface area contributed by atoms with Crippen LogP contribution in [0.25, 0.3) is 0 Å². The van der Waals surface area contributed by atoms with Gasteiger partial charge in [0.2, 0.25) is 6.79 Å². The van der Waals surface area contributed by atoms with E-state index in [1.165, 1.54) is 7.11 Å². The Kier molecular flexibility index (Phi) is 6.87. The molecule has 1 unspecified atom stereocenters. The Labute approximate surface area is 217 Å². The molecular formula is C28H37NO8. The summed E-state index contributed by atoms with van der Waals surface area (Å²) >= 11 is 0. The Morgan fingerprint density at radius 3 is 2.68 bits per heavy atom. The van der Waals surface area contributed by atoms with Crippen molar-refractivity contribution >= 4 is 11.9 Å². The first-order valence-corrected chi connectivity index (χ1v) is 13.2. The second kappa shape index (κ2) is 9.83. The number of rotatable bonds is 8. The van der Waals surface area contributed by atoms with Gasteiger partial charge in [-0.3, -0.25) is 9.69 Å². The summed E-state index contributed by atoms with van der Waals surface area (Å²) in [7, 11) is 2.82. The lowest BCUT2D eigenvalue weighted by Gasteiger charge is -2.39. The number of fused-ring (bicyclic) bond motifs is 3. The molecule has 4 atom stereocenters. The van der Waals surface area contributed by atoms with Gasteiger partial charge in [-0.05, 0) is 73.9 Å². The van der Waals surface area contributed by atoms with Gasteiger partial charge in [-0.25, -0.2) is 4.79 Å². The third kappa shape index (κ3) is 4.46. The number of esters is 2. The first-order valence-electron chi connectivity index (χ1n) is 13.2. The van der Waals surface area contributed by atoms with Crippen molar-refractivity contribution in [1.82, 2.24) is 4.90 Å². The normalized spacial score (nSPS) is 27.5. The molecule has 4 aliphatic rings. The smallest absolute Gasteiger partial charge is 0.339 e. The minimum absolute atomic E-state index is 0.0918. The molecule has 0 bridgehead atoms. The van der Waals surface area contributed by atoms with Crippen molar-refractivity contribution < 1.29 is 38.4 Å². The fourth-order valence-electron chi connectivity index (χ4n) is 6.42. The molecule has 9 nitrogen and oxygen atoms in total. The van der Waals surface area contributed by atoms with Crippen molar-refractivity contribution in [2.75, 3.05) is 34.1 Å². The lowest BCUT2D eigenvalue weighted by molar-refractivity contribution is -0.178. The molecule has 0 amide bonds. The van der Waals surface area contributed by atoms with Crippen LogP contribution < -0.4 is 9.47 Å². The molecule has 37 heavy (non-hydrogen) atoms. The fraction of sp³-hybridized carbons (Fsp3) is 0.643. The molecule has 9 heteroatoms. The molecule has 3 heterocycles. The minimum Gasteiger partial charge on any atom is -0.497 e. The summed E-state index contributed by atoms with van der Waals surface area (Å²) in [5.41, 5.74) is -0.217. The molecule has 1 aromatic rings. The van der Waals surface area contributed by atoms with E-state index in [2.05, 4.69) is 11.0 Å². The second-order valence-electron chi connectivity index (χ2n) is 11.0. The van der Waals surface area contributed by atoms with Gasteiger partial charge in [0.25, 0.3) is 0 Å². The zero-order valence-corrected chi connectivity index (χ0v) is 22.1. The third-order valence-corrected chi connectivity index (χ3v) is 8.38. The van der Waals surface area contributed by atoms with Crippen LogP contribution in [0.4, 0.5) is 0 Å². The van der Waals surface area contributed by atoms with Gasteiger partial charge in [0.05, 0.1) is 32.1 Å². The van der Waals surface area contributed by atoms with Crippen molar-refractivity contribution in [3.05, 3.63) is 35.1 Å². The largest absolute Gasteiger partial charge is 0.497 e. The van der Waals surface area contributed by atoms with E-state index >= 15 is 0 Å². The van der Waals surface area contributed by atoms with Crippen molar-refractivity contribution in [1.29, 1.82) is 0 Å². The number of hydrogen-bond donors (Lipinski definition) is 1. The molecule has 1 fully saturated rings. The second-order valence-corrected chi connectivity index (χ2v) is 11.0. The zero-order valence-electron chi connectivity index (χ0n) is 22.1. The summed E-state index contributed by atoms with van der Waals surface area (Å²) in [6.07, 6.45) is 4.26. The summed E-state index contributed by atoms with van der Waals surface area (Å²) in [4.78, 5) is 28.3. The van der Waals surface area contributed by atoms with Crippen LogP contribution >= 0.6 is 0 Å². The molecule has 0 aromatic heterocycles. The summed E-state index contributed by atoms with van der Waals surface area (Å²) in [5, 5.41) is 11.4. The van der Waals surface area contributed by atoms with Gasteiger partial charge >= 0.3 is 11.9 Å². The number of benzene rings is 1. The van der Waals surface area contributed by atoms with Crippen molar-refractivity contribution in [2.24, 2.45) is 5.92 Å². The van der Waals surface area contributed by atoms with Crippen LogP contribution in [0.5, 0.6) is 11.5 Å². The SMILES string of the molecule is COC(=O)C[C@](O)(CCC(C)C)C(=O)O[C@@H]1C(OC)=C[C@@]23CCCN2CCc2cc4c(cc2C13)OCO4.